The summed E-state index contributed by atoms with van der Waals surface area (Å²) >= 11 is 1.43. The van der Waals surface area contributed by atoms with E-state index in [2.05, 4.69) is 16.5 Å². The third-order valence-electron chi connectivity index (χ3n) is 4.60. The van der Waals surface area contributed by atoms with E-state index in [-0.39, 0.29) is 12.3 Å². The summed E-state index contributed by atoms with van der Waals surface area (Å²) in [6.45, 7) is 7.95. The van der Waals surface area contributed by atoms with Crippen LogP contribution in [0.5, 0.6) is 5.75 Å². The zero-order valence-corrected chi connectivity index (χ0v) is 17.1. The Bertz CT molecular complexity index is 1020. The Kier molecular flexibility index (Phi) is 5.81. The smallest absolute Gasteiger partial charge is 0.229 e. The molecule has 0 atom stereocenters. The lowest BCUT2D eigenvalue weighted by atomic mass is 10.1. The highest BCUT2D eigenvalue weighted by molar-refractivity contribution is 7.16. The number of hydrogen-bond acceptors (Lipinski definition) is 6. The van der Waals surface area contributed by atoms with Gasteiger partial charge in [-0.25, -0.2) is 0 Å². The van der Waals surface area contributed by atoms with Gasteiger partial charge >= 0.3 is 0 Å². The van der Waals surface area contributed by atoms with Gasteiger partial charge in [0.2, 0.25) is 5.91 Å². The second-order valence-electron chi connectivity index (χ2n) is 6.56. The third-order valence-corrected chi connectivity index (χ3v) is 5.73. The van der Waals surface area contributed by atoms with E-state index < -0.39 is 0 Å². The van der Waals surface area contributed by atoms with Gasteiger partial charge in [0, 0.05) is 4.88 Å². The Morgan fingerprint density at radius 1 is 1.25 bits per heavy atom. The minimum atomic E-state index is -0.151. The molecule has 1 aromatic carbocycles. The van der Waals surface area contributed by atoms with Crippen LogP contribution in [0.15, 0.2) is 28.8 Å². The van der Waals surface area contributed by atoms with E-state index in [1.807, 2.05) is 52.0 Å². The molecule has 0 aliphatic carbocycles. The number of aromatic nitrogens is 1. The fraction of sp³-hybridized carbons (Fsp3) is 0.286. The molecular weight excluding hydrogens is 374 g/mol. The molecule has 0 saturated heterocycles. The van der Waals surface area contributed by atoms with Crippen molar-refractivity contribution >= 4 is 22.2 Å². The lowest BCUT2D eigenvalue weighted by Crippen LogP contribution is -2.14. The predicted molar refractivity (Wildman–Crippen MR) is 108 cm³/mol. The first-order chi connectivity index (χ1) is 13.4. The lowest BCUT2D eigenvalue weighted by Gasteiger charge is -2.07. The Morgan fingerprint density at radius 3 is 2.57 bits per heavy atom. The SMILES string of the molecule is Cc1noc(C)c1COc1ccc(CC(=O)Nc2sc(C)c(C)c2C#N)cc1. The van der Waals surface area contributed by atoms with Crippen molar-refractivity contribution in [1.29, 1.82) is 5.26 Å². The summed E-state index contributed by atoms with van der Waals surface area (Å²) < 4.78 is 10.9. The van der Waals surface area contributed by atoms with Gasteiger partial charge in [-0.3, -0.25) is 4.79 Å². The summed E-state index contributed by atoms with van der Waals surface area (Å²) in [5, 5.41) is 16.7. The van der Waals surface area contributed by atoms with E-state index >= 15 is 0 Å². The molecule has 3 rings (SSSR count). The van der Waals surface area contributed by atoms with Crippen molar-refractivity contribution in [3.05, 3.63) is 62.9 Å². The maximum Gasteiger partial charge on any atom is 0.229 e. The fourth-order valence-corrected chi connectivity index (χ4v) is 3.80. The molecule has 2 aromatic heterocycles. The van der Waals surface area contributed by atoms with Gasteiger partial charge in [-0.15, -0.1) is 11.3 Å². The van der Waals surface area contributed by atoms with Crippen LogP contribution in [-0.4, -0.2) is 11.1 Å². The van der Waals surface area contributed by atoms with Crippen LogP contribution in [0.2, 0.25) is 0 Å². The molecule has 0 unspecified atom stereocenters. The third kappa shape index (κ3) is 4.24. The number of rotatable bonds is 6. The number of ether oxygens (including phenoxy) is 1. The molecule has 1 amide bonds. The number of hydrogen-bond donors (Lipinski definition) is 1. The molecular formula is C21H21N3O3S. The van der Waals surface area contributed by atoms with Gasteiger partial charge in [-0.1, -0.05) is 17.3 Å². The van der Waals surface area contributed by atoms with Crippen molar-refractivity contribution in [2.24, 2.45) is 0 Å². The molecule has 28 heavy (non-hydrogen) atoms. The summed E-state index contributed by atoms with van der Waals surface area (Å²) in [6, 6.07) is 9.55. The van der Waals surface area contributed by atoms with Crippen molar-refractivity contribution in [3.63, 3.8) is 0 Å². The van der Waals surface area contributed by atoms with Gasteiger partial charge in [0.15, 0.2) is 0 Å². The number of carbonyl (C=O) groups excluding carboxylic acids is 1. The zero-order valence-electron chi connectivity index (χ0n) is 16.3. The van der Waals surface area contributed by atoms with E-state index in [0.29, 0.717) is 22.9 Å². The van der Waals surface area contributed by atoms with Crippen LogP contribution in [0.25, 0.3) is 0 Å². The minimum absolute atomic E-state index is 0.151. The molecule has 0 radical (unpaired) electrons. The molecule has 0 fully saturated rings. The Labute approximate surface area is 167 Å². The van der Waals surface area contributed by atoms with Crippen molar-refractivity contribution in [2.45, 2.75) is 40.7 Å². The van der Waals surface area contributed by atoms with Crippen LogP contribution < -0.4 is 10.1 Å². The number of nitriles is 1. The van der Waals surface area contributed by atoms with E-state index in [9.17, 15) is 10.1 Å². The van der Waals surface area contributed by atoms with E-state index in [4.69, 9.17) is 9.26 Å². The van der Waals surface area contributed by atoms with Crippen molar-refractivity contribution < 1.29 is 14.1 Å². The summed E-state index contributed by atoms with van der Waals surface area (Å²) in [5.74, 6) is 1.31. The number of benzene rings is 1. The molecule has 7 heteroatoms. The molecule has 0 aliphatic heterocycles. The highest BCUT2D eigenvalue weighted by Gasteiger charge is 2.15. The Hall–Kier alpha value is -3.11. The number of thiophene rings is 1. The maximum atomic E-state index is 12.3. The second-order valence-corrected chi connectivity index (χ2v) is 7.78. The van der Waals surface area contributed by atoms with E-state index in [1.54, 1.807) is 0 Å². The number of amides is 1. The van der Waals surface area contributed by atoms with Crippen LogP contribution in [0.4, 0.5) is 5.00 Å². The van der Waals surface area contributed by atoms with Crippen LogP contribution in [0.1, 0.15) is 38.6 Å². The number of anilines is 1. The number of aryl methyl sites for hydroxylation is 3. The molecule has 0 bridgehead atoms. The van der Waals surface area contributed by atoms with Crippen LogP contribution >= 0.6 is 11.3 Å². The van der Waals surface area contributed by atoms with Crippen molar-refractivity contribution in [2.75, 3.05) is 5.32 Å². The first-order valence-electron chi connectivity index (χ1n) is 8.82. The number of nitrogens with one attached hydrogen (secondary N) is 1. The Morgan fingerprint density at radius 2 is 1.96 bits per heavy atom. The molecule has 1 N–H and O–H groups in total. The van der Waals surface area contributed by atoms with E-state index in [1.165, 1.54) is 11.3 Å². The van der Waals surface area contributed by atoms with Crippen LogP contribution in [0.3, 0.4) is 0 Å². The van der Waals surface area contributed by atoms with Gasteiger partial charge in [0.25, 0.3) is 0 Å². The van der Waals surface area contributed by atoms with E-state index in [0.717, 1.165) is 33.0 Å². The quantitative estimate of drug-likeness (QED) is 0.659. The highest BCUT2D eigenvalue weighted by Crippen LogP contribution is 2.31. The predicted octanol–water partition coefficient (Wildman–Crippen LogP) is 4.60. The van der Waals surface area contributed by atoms with Crippen LogP contribution in [-0.2, 0) is 17.8 Å². The summed E-state index contributed by atoms with van der Waals surface area (Å²) in [6.07, 6.45) is 0.227. The van der Waals surface area contributed by atoms with Gasteiger partial charge in [-0.05, 0) is 51.0 Å². The second kappa shape index (κ2) is 8.28. The average molecular weight is 395 g/mol. The van der Waals surface area contributed by atoms with Crippen molar-refractivity contribution in [1.82, 2.24) is 5.16 Å². The van der Waals surface area contributed by atoms with Crippen molar-refractivity contribution in [3.8, 4) is 11.8 Å². The number of carbonyl (C=O) groups is 1. The molecule has 144 valence electrons. The normalized spacial score (nSPS) is 10.5. The minimum Gasteiger partial charge on any atom is -0.489 e. The molecule has 3 aromatic rings. The van der Waals surface area contributed by atoms with Gasteiger partial charge in [0.05, 0.1) is 23.2 Å². The monoisotopic (exact) mass is 395 g/mol. The molecule has 6 nitrogen and oxygen atoms in total. The van der Waals surface area contributed by atoms with Gasteiger partial charge in [-0.2, -0.15) is 5.26 Å². The maximum absolute atomic E-state index is 12.3. The zero-order chi connectivity index (χ0) is 20.3. The topological polar surface area (TPSA) is 88.2 Å². The summed E-state index contributed by atoms with van der Waals surface area (Å²) in [7, 11) is 0. The standard InChI is InChI=1S/C21H21N3O3S/c1-12-15(4)28-21(18(12)10-22)23-20(25)9-16-5-7-17(8-6-16)26-11-19-13(2)24-27-14(19)3/h5-8H,9,11H2,1-4H3,(H,23,25). The summed E-state index contributed by atoms with van der Waals surface area (Å²) in [4.78, 5) is 13.4. The highest BCUT2D eigenvalue weighted by atomic mass is 32.1. The van der Waals surface area contributed by atoms with Crippen LogP contribution in [0, 0.1) is 39.0 Å². The lowest BCUT2D eigenvalue weighted by molar-refractivity contribution is -0.115. The largest absolute Gasteiger partial charge is 0.489 e. The molecule has 0 spiro atoms. The average Bonchev–Trinajstić information content (AvgIpc) is 3.12. The molecule has 0 aliphatic rings. The fourth-order valence-electron chi connectivity index (χ4n) is 2.77. The van der Waals surface area contributed by atoms with Gasteiger partial charge < -0.3 is 14.6 Å². The van der Waals surface area contributed by atoms with Gasteiger partial charge in [0.1, 0.15) is 29.2 Å². The molecule has 2 heterocycles. The first kappa shape index (κ1) is 19.6. The Balaban J connectivity index is 1.59. The first-order valence-corrected chi connectivity index (χ1v) is 9.64. The summed E-state index contributed by atoms with van der Waals surface area (Å²) in [5.41, 5.74) is 4.09. The molecule has 0 saturated carbocycles. The number of nitrogens with zero attached hydrogens (tertiary/aromatic N) is 2.